The molecule has 0 aliphatic heterocycles. The molecule has 0 spiro atoms. The zero-order chi connectivity index (χ0) is 14.5. The van der Waals surface area contributed by atoms with Crippen LogP contribution in [-0.4, -0.2) is 11.7 Å². The fourth-order valence-electron chi connectivity index (χ4n) is 1.52. The Bertz CT molecular complexity index is 634. The van der Waals surface area contributed by atoms with Crippen molar-refractivity contribution in [3.63, 3.8) is 0 Å². The van der Waals surface area contributed by atoms with Crippen LogP contribution in [0.15, 0.2) is 47.4 Å². The molecular formula is C14H12Cl2N2OS. The third-order valence-electron chi connectivity index (χ3n) is 2.43. The minimum atomic E-state index is -0.137. The van der Waals surface area contributed by atoms with Crippen LogP contribution in [0.2, 0.25) is 10.0 Å². The number of carbonyl (C=O) groups is 1. The molecule has 0 aromatic heterocycles. The van der Waals surface area contributed by atoms with Crippen molar-refractivity contribution >= 4 is 52.2 Å². The van der Waals surface area contributed by atoms with E-state index < -0.39 is 0 Å². The Labute approximate surface area is 131 Å². The number of nitrogens with two attached hydrogens (primary N) is 1. The zero-order valence-corrected chi connectivity index (χ0v) is 12.7. The lowest BCUT2D eigenvalue weighted by atomic mass is 10.3. The average molecular weight is 327 g/mol. The molecule has 0 unspecified atom stereocenters. The molecule has 0 atom stereocenters. The van der Waals surface area contributed by atoms with Crippen molar-refractivity contribution in [1.29, 1.82) is 0 Å². The second kappa shape index (κ2) is 6.88. The summed E-state index contributed by atoms with van der Waals surface area (Å²) in [5.41, 5.74) is 6.70. The molecule has 3 N–H and O–H groups in total. The highest BCUT2D eigenvalue weighted by molar-refractivity contribution is 8.00. The predicted molar refractivity (Wildman–Crippen MR) is 86.7 cm³/mol. The summed E-state index contributed by atoms with van der Waals surface area (Å²) in [4.78, 5) is 12.8. The van der Waals surface area contributed by atoms with E-state index in [0.29, 0.717) is 21.4 Å². The first-order valence-electron chi connectivity index (χ1n) is 5.78. The number of nitrogen functional groups attached to an aromatic ring is 1. The first kappa shape index (κ1) is 15.0. The monoisotopic (exact) mass is 326 g/mol. The van der Waals surface area contributed by atoms with E-state index in [1.165, 1.54) is 11.8 Å². The summed E-state index contributed by atoms with van der Waals surface area (Å²) >= 11 is 13.3. The molecular weight excluding hydrogens is 315 g/mol. The molecule has 0 fully saturated rings. The molecule has 20 heavy (non-hydrogen) atoms. The number of hydrogen-bond donors (Lipinski definition) is 2. The molecule has 3 nitrogen and oxygen atoms in total. The number of nitrogens with one attached hydrogen (secondary N) is 1. The number of carbonyl (C=O) groups excluding carboxylic acids is 1. The van der Waals surface area contributed by atoms with Gasteiger partial charge in [0, 0.05) is 15.6 Å². The Morgan fingerprint density at radius 2 is 2.00 bits per heavy atom. The standard InChI is InChI=1S/C14H12Cl2N2OS/c15-9-2-1-3-11(6-9)20-8-14(19)18-13-5-4-10(17)7-12(13)16/h1-7H,8,17H2,(H,18,19). The molecule has 2 rings (SSSR count). The highest BCUT2D eigenvalue weighted by atomic mass is 35.5. The summed E-state index contributed by atoms with van der Waals surface area (Å²) < 4.78 is 0. The highest BCUT2D eigenvalue weighted by Gasteiger charge is 2.07. The summed E-state index contributed by atoms with van der Waals surface area (Å²) in [6.07, 6.45) is 0. The lowest BCUT2D eigenvalue weighted by Gasteiger charge is -2.07. The maximum atomic E-state index is 11.9. The lowest BCUT2D eigenvalue weighted by Crippen LogP contribution is -2.14. The maximum Gasteiger partial charge on any atom is 0.234 e. The van der Waals surface area contributed by atoms with Crippen LogP contribution in [-0.2, 0) is 4.79 Å². The maximum absolute atomic E-state index is 11.9. The van der Waals surface area contributed by atoms with Gasteiger partial charge in [0.2, 0.25) is 5.91 Å². The van der Waals surface area contributed by atoms with Gasteiger partial charge in [0.15, 0.2) is 0 Å². The normalized spacial score (nSPS) is 10.3. The van der Waals surface area contributed by atoms with Crippen LogP contribution in [0, 0.1) is 0 Å². The number of thioether (sulfide) groups is 1. The SMILES string of the molecule is Nc1ccc(NC(=O)CSc2cccc(Cl)c2)c(Cl)c1. The molecule has 0 aliphatic carbocycles. The lowest BCUT2D eigenvalue weighted by molar-refractivity contribution is -0.113. The van der Waals surface area contributed by atoms with Gasteiger partial charge in [-0.1, -0.05) is 29.3 Å². The van der Waals surface area contributed by atoms with Crippen LogP contribution in [0.25, 0.3) is 0 Å². The smallest absolute Gasteiger partial charge is 0.234 e. The van der Waals surface area contributed by atoms with Crippen LogP contribution in [0.4, 0.5) is 11.4 Å². The van der Waals surface area contributed by atoms with Crippen molar-refractivity contribution < 1.29 is 4.79 Å². The number of amides is 1. The number of rotatable bonds is 4. The summed E-state index contributed by atoms with van der Waals surface area (Å²) in [7, 11) is 0. The van der Waals surface area contributed by atoms with E-state index in [2.05, 4.69) is 5.32 Å². The minimum absolute atomic E-state index is 0.137. The van der Waals surface area contributed by atoms with Gasteiger partial charge in [0.1, 0.15) is 0 Å². The molecule has 0 aliphatic rings. The Balaban J connectivity index is 1.92. The van der Waals surface area contributed by atoms with Crippen LogP contribution in [0.3, 0.4) is 0 Å². The molecule has 0 radical (unpaired) electrons. The Morgan fingerprint density at radius 3 is 2.70 bits per heavy atom. The summed E-state index contributed by atoms with van der Waals surface area (Å²) in [6.45, 7) is 0. The van der Waals surface area contributed by atoms with Crippen molar-refractivity contribution in [2.45, 2.75) is 4.90 Å². The van der Waals surface area contributed by atoms with E-state index in [9.17, 15) is 4.79 Å². The fraction of sp³-hybridized carbons (Fsp3) is 0.0714. The predicted octanol–water partition coefficient (Wildman–Crippen LogP) is 4.31. The van der Waals surface area contributed by atoms with Crippen LogP contribution in [0.1, 0.15) is 0 Å². The van der Waals surface area contributed by atoms with E-state index in [0.717, 1.165) is 4.90 Å². The summed E-state index contributed by atoms with van der Waals surface area (Å²) in [6, 6.07) is 12.3. The minimum Gasteiger partial charge on any atom is -0.399 e. The number of benzene rings is 2. The second-order valence-electron chi connectivity index (χ2n) is 4.03. The van der Waals surface area contributed by atoms with Gasteiger partial charge in [-0.25, -0.2) is 0 Å². The summed E-state index contributed by atoms with van der Waals surface area (Å²) in [5.74, 6) is 0.141. The van der Waals surface area contributed by atoms with Crippen molar-refractivity contribution in [3.05, 3.63) is 52.5 Å². The number of hydrogen-bond acceptors (Lipinski definition) is 3. The second-order valence-corrected chi connectivity index (χ2v) is 5.93. The molecule has 0 saturated carbocycles. The Hall–Kier alpha value is -1.36. The van der Waals surface area contributed by atoms with Gasteiger partial charge in [-0.3, -0.25) is 4.79 Å². The average Bonchev–Trinajstić information content (AvgIpc) is 2.40. The molecule has 0 bridgehead atoms. The van der Waals surface area contributed by atoms with Crippen LogP contribution in [0.5, 0.6) is 0 Å². The van der Waals surface area contributed by atoms with Gasteiger partial charge in [-0.2, -0.15) is 0 Å². The topological polar surface area (TPSA) is 55.1 Å². The molecule has 1 amide bonds. The molecule has 2 aromatic carbocycles. The Kier molecular flexibility index (Phi) is 5.17. The van der Waals surface area contributed by atoms with Gasteiger partial charge in [-0.05, 0) is 36.4 Å². The number of anilines is 2. The first-order chi connectivity index (χ1) is 9.54. The Morgan fingerprint density at radius 1 is 1.20 bits per heavy atom. The zero-order valence-electron chi connectivity index (χ0n) is 10.4. The quantitative estimate of drug-likeness (QED) is 0.650. The van der Waals surface area contributed by atoms with Crippen LogP contribution < -0.4 is 11.1 Å². The summed E-state index contributed by atoms with van der Waals surface area (Å²) in [5, 5.41) is 3.81. The largest absolute Gasteiger partial charge is 0.399 e. The molecule has 0 saturated heterocycles. The van der Waals surface area contributed by atoms with E-state index in [4.69, 9.17) is 28.9 Å². The highest BCUT2D eigenvalue weighted by Crippen LogP contribution is 2.25. The van der Waals surface area contributed by atoms with Crippen LogP contribution >= 0.6 is 35.0 Å². The van der Waals surface area contributed by atoms with E-state index >= 15 is 0 Å². The van der Waals surface area contributed by atoms with E-state index in [1.807, 2.05) is 18.2 Å². The van der Waals surface area contributed by atoms with Crippen molar-refractivity contribution in [3.8, 4) is 0 Å². The molecule has 2 aromatic rings. The third-order valence-corrected chi connectivity index (χ3v) is 3.97. The van der Waals surface area contributed by atoms with Gasteiger partial charge >= 0.3 is 0 Å². The van der Waals surface area contributed by atoms with E-state index in [1.54, 1.807) is 24.3 Å². The molecule has 0 heterocycles. The van der Waals surface area contributed by atoms with E-state index in [-0.39, 0.29) is 11.7 Å². The van der Waals surface area contributed by atoms with Gasteiger partial charge in [0.05, 0.1) is 16.5 Å². The molecule has 104 valence electrons. The van der Waals surface area contributed by atoms with Gasteiger partial charge < -0.3 is 11.1 Å². The molecule has 6 heteroatoms. The third kappa shape index (κ3) is 4.34. The fourth-order valence-corrected chi connectivity index (χ4v) is 2.77. The van der Waals surface area contributed by atoms with Crippen molar-refractivity contribution in [2.75, 3.05) is 16.8 Å². The van der Waals surface area contributed by atoms with Crippen molar-refractivity contribution in [1.82, 2.24) is 0 Å². The number of halogens is 2. The van der Waals surface area contributed by atoms with Gasteiger partial charge in [0.25, 0.3) is 0 Å². The first-order valence-corrected chi connectivity index (χ1v) is 7.52. The van der Waals surface area contributed by atoms with Gasteiger partial charge in [-0.15, -0.1) is 11.8 Å². The van der Waals surface area contributed by atoms with Crippen molar-refractivity contribution in [2.24, 2.45) is 0 Å².